The predicted molar refractivity (Wildman–Crippen MR) is 81.6 cm³/mol. The molecule has 0 N–H and O–H groups in total. The quantitative estimate of drug-likeness (QED) is 0.469. The van der Waals surface area contributed by atoms with Crippen molar-refractivity contribution in [2.45, 2.75) is 26.2 Å². The molecule has 21 heavy (non-hydrogen) atoms. The lowest BCUT2D eigenvalue weighted by Crippen LogP contribution is -2.16. The van der Waals surface area contributed by atoms with Gasteiger partial charge in [-0.05, 0) is 28.1 Å². The Morgan fingerprint density at radius 1 is 1.19 bits per heavy atom. The number of hydrogen-bond donors (Lipinski definition) is 0. The van der Waals surface area contributed by atoms with Gasteiger partial charge in [0, 0.05) is 23.6 Å². The summed E-state index contributed by atoms with van der Waals surface area (Å²) >= 11 is 3.33. The molecule has 0 amide bonds. The highest BCUT2D eigenvalue weighted by Gasteiger charge is 2.19. The summed E-state index contributed by atoms with van der Waals surface area (Å²) < 4.78 is 6.25. The zero-order chi connectivity index (χ0) is 15.6. The van der Waals surface area contributed by atoms with E-state index >= 15 is 0 Å². The molecule has 7 heteroatoms. The average Bonchev–Trinajstić information content (AvgIpc) is 2.37. The molecule has 0 spiro atoms. The number of nitro benzene ring substituents is 1. The molecule has 1 aromatic heterocycles. The van der Waals surface area contributed by atoms with Crippen molar-refractivity contribution in [3.8, 4) is 11.6 Å². The summed E-state index contributed by atoms with van der Waals surface area (Å²) in [6.45, 7) is 6.01. The van der Waals surface area contributed by atoms with Crippen LogP contribution in [0.1, 0.15) is 26.6 Å². The summed E-state index contributed by atoms with van der Waals surface area (Å²) in [4.78, 5) is 18.8. The van der Waals surface area contributed by atoms with E-state index in [2.05, 4.69) is 25.9 Å². The molecule has 2 rings (SSSR count). The van der Waals surface area contributed by atoms with Crippen molar-refractivity contribution in [3.05, 3.63) is 50.9 Å². The predicted octanol–water partition coefficient (Wildman–Crippen LogP) is 4.24. The molecular weight excluding hydrogens is 338 g/mol. The van der Waals surface area contributed by atoms with Crippen LogP contribution in [0.3, 0.4) is 0 Å². The molecule has 0 aliphatic heterocycles. The Kier molecular flexibility index (Phi) is 4.22. The summed E-state index contributed by atoms with van der Waals surface area (Å²) in [5, 5.41) is 10.6. The molecule has 1 aromatic carbocycles. The second-order valence-corrected chi connectivity index (χ2v) is 6.27. The lowest BCUT2D eigenvalue weighted by atomic mass is 9.96. The number of halogens is 1. The van der Waals surface area contributed by atoms with E-state index in [0.29, 0.717) is 22.1 Å². The molecular formula is C14H14BrN3O3. The van der Waals surface area contributed by atoms with Crippen molar-refractivity contribution in [3.63, 3.8) is 0 Å². The molecule has 1 heterocycles. The second-order valence-electron chi connectivity index (χ2n) is 5.46. The molecule has 0 saturated carbocycles. The molecule has 0 saturated heterocycles. The number of nitro groups is 1. The van der Waals surface area contributed by atoms with Crippen LogP contribution in [0, 0.1) is 10.1 Å². The third-order valence-corrected chi connectivity index (χ3v) is 3.02. The minimum atomic E-state index is -0.456. The van der Waals surface area contributed by atoms with Gasteiger partial charge < -0.3 is 4.74 Å². The fourth-order valence-electron chi connectivity index (χ4n) is 1.54. The van der Waals surface area contributed by atoms with E-state index in [1.165, 1.54) is 24.3 Å². The molecule has 0 bridgehead atoms. The minimum absolute atomic E-state index is 0.0154. The van der Waals surface area contributed by atoms with Crippen LogP contribution in [-0.2, 0) is 5.41 Å². The van der Waals surface area contributed by atoms with E-state index in [4.69, 9.17) is 4.74 Å². The Labute approximate surface area is 130 Å². The van der Waals surface area contributed by atoms with Crippen LogP contribution in [0.15, 0.2) is 34.9 Å². The van der Waals surface area contributed by atoms with E-state index in [-0.39, 0.29) is 11.1 Å². The molecule has 0 aliphatic rings. The van der Waals surface area contributed by atoms with Gasteiger partial charge >= 0.3 is 0 Å². The van der Waals surface area contributed by atoms with Crippen molar-refractivity contribution in [2.24, 2.45) is 0 Å². The molecule has 0 fully saturated rings. The third kappa shape index (κ3) is 3.98. The number of ether oxygens (including phenoxy) is 1. The van der Waals surface area contributed by atoms with E-state index in [1.807, 2.05) is 20.8 Å². The maximum Gasteiger partial charge on any atom is 0.269 e. The molecule has 0 radical (unpaired) electrons. The molecule has 2 aromatic rings. The summed E-state index contributed by atoms with van der Waals surface area (Å²) in [5.41, 5.74) is -0.196. The fraction of sp³-hybridized carbons (Fsp3) is 0.286. The van der Waals surface area contributed by atoms with Crippen molar-refractivity contribution in [1.82, 2.24) is 9.97 Å². The van der Waals surface area contributed by atoms with Crippen LogP contribution < -0.4 is 4.74 Å². The smallest absolute Gasteiger partial charge is 0.269 e. The van der Waals surface area contributed by atoms with E-state index in [0.717, 1.165) is 0 Å². The van der Waals surface area contributed by atoms with E-state index < -0.39 is 4.92 Å². The largest absolute Gasteiger partial charge is 0.439 e. The normalized spacial score (nSPS) is 11.2. The average molecular weight is 352 g/mol. The van der Waals surface area contributed by atoms with Gasteiger partial charge in [-0.25, -0.2) is 4.98 Å². The Morgan fingerprint density at radius 2 is 1.81 bits per heavy atom. The fourth-order valence-corrected chi connectivity index (χ4v) is 1.91. The van der Waals surface area contributed by atoms with Gasteiger partial charge in [-0.2, -0.15) is 4.98 Å². The molecule has 0 unspecified atom stereocenters. The van der Waals surface area contributed by atoms with E-state index in [9.17, 15) is 10.1 Å². The number of non-ortho nitro benzene ring substituents is 1. The number of rotatable bonds is 3. The van der Waals surface area contributed by atoms with Gasteiger partial charge in [0.05, 0.1) is 4.92 Å². The van der Waals surface area contributed by atoms with Gasteiger partial charge in [-0.1, -0.05) is 20.8 Å². The summed E-state index contributed by atoms with van der Waals surface area (Å²) in [7, 11) is 0. The molecule has 6 nitrogen and oxygen atoms in total. The molecule has 0 aliphatic carbocycles. The zero-order valence-electron chi connectivity index (χ0n) is 11.8. The standard InChI is InChI=1S/C14H14BrN3O3/c1-14(2,3)13-16-11(15)8-12(17-13)21-10-6-4-9(5-7-10)18(19)20/h4-8H,1-3H3. The molecule has 0 atom stereocenters. The van der Waals surface area contributed by atoms with Gasteiger partial charge in [-0.3, -0.25) is 10.1 Å². The number of benzene rings is 1. The van der Waals surface area contributed by atoms with Crippen molar-refractivity contribution in [1.29, 1.82) is 0 Å². The lowest BCUT2D eigenvalue weighted by molar-refractivity contribution is -0.384. The van der Waals surface area contributed by atoms with Crippen LogP contribution >= 0.6 is 15.9 Å². The Hall–Kier alpha value is -2.02. The van der Waals surface area contributed by atoms with Crippen molar-refractivity contribution in [2.75, 3.05) is 0 Å². The van der Waals surface area contributed by atoms with Gasteiger partial charge in [0.15, 0.2) is 0 Å². The first-order chi connectivity index (χ1) is 9.75. The van der Waals surface area contributed by atoms with Gasteiger partial charge in [0.1, 0.15) is 16.2 Å². The van der Waals surface area contributed by atoms with Crippen molar-refractivity contribution >= 4 is 21.6 Å². The lowest BCUT2D eigenvalue weighted by Gasteiger charge is -2.17. The van der Waals surface area contributed by atoms with Crippen LogP contribution in [0.5, 0.6) is 11.6 Å². The SMILES string of the molecule is CC(C)(C)c1nc(Br)cc(Oc2ccc([N+](=O)[O-])cc2)n1. The third-order valence-electron chi connectivity index (χ3n) is 2.61. The summed E-state index contributed by atoms with van der Waals surface area (Å²) in [5.74, 6) is 1.51. The number of hydrogen-bond acceptors (Lipinski definition) is 5. The van der Waals surface area contributed by atoms with Crippen molar-refractivity contribution < 1.29 is 9.66 Å². The van der Waals surface area contributed by atoms with Crippen LogP contribution in [-0.4, -0.2) is 14.9 Å². The first-order valence-electron chi connectivity index (χ1n) is 6.23. The first-order valence-corrected chi connectivity index (χ1v) is 7.02. The topological polar surface area (TPSA) is 78.2 Å². The Balaban J connectivity index is 2.27. The van der Waals surface area contributed by atoms with Gasteiger partial charge in [0.2, 0.25) is 5.88 Å². The van der Waals surface area contributed by atoms with Crippen LogP contribution in [0.2, 0.25) is 0 Å². The minimum Gasteiger partial charge on any atom is -0.439 e. The zero-order valence-corrected chi connectivity index (χ0v) is 13.4. The van der Waals surface area contributed by atoms with Gasteiger partial charge in [0.25, 0.3) is 5.69 Å². The number of nitrogens with zero attached hydrogens (tertiary/aromatic N) is 3. The Bertz CT molecular complexity index is 666. The van der Waals surface area contributed by atoms with Crippen LogP contribution in [0.4, 0.5) is 5.69 Å². The second kappa shape index (κ2) is 5.77. The Morgan fingerprint density at radius 3 is 2.33 bits per heavy atom. The summed E-state index contributed by atoms with van der Waals surface area (Å²) in [6, 6.07) is 7.49. The maximum absolute atomic E-state index is 10.6. The summed E-state index contributed by atoms with van der Waals surface area (Å²) in [6.07, 6.45) is 0. The first kappa shape index (κ1) is 15.4. The highest BCUT2D eigenvalue weighted by Crippen LogP contribution is 2.27. The van der Waals surface area contributed by atoms with Crippen LogP contribution in [0.25, 0.3) is 0 Å². The maximum atomic E-state index is 10.6. The highest BCUT2D eigenvalue weighted by molar-refractivity contribution is 9.10. The number of aromatic nitrogens is 2. The van der Waals surface area contributed by atoms with E-state index in [1.54, 1.807) is 6.07 Å². The molecule has 110 valence electrons. The monoisotopic (exact) mass is 351 g/mol. The highest BCUT2D eigenvalue weighted by atomic mass is 79.9. The van der Waals surface area contributed by atoms with Gasteiger partial charge in [-0.15, -0.1) is 0 Å².